The molecular formula is C23H24F2N4O3S. The molecule has 174 valence electrons. The van der Waals surface area contributed by atoms with Crippen molar-refractivity contribution in [2.24, 2.45) is 11.8 Å². The molecule has 1 aliphatic rings. The Morgan fingerprint density at radius 3 is 2.79 bits per heavy atom. The molecule has 0 radical (unpaired) electrons. The number of aliphatic carboxylic acids is 1. The fraction of sp³-hybridized carbons (Fsp3) is 0.391. The Morgan fingerprint density at radius 2 is 2.09 bits per heavy atom. The first-order valence-electron chi connectivity index (χ1n) is 10.6. The number of aromatic nitrogens is 3. The van der Waals surface area contributed by atoms with Gasteiger partial charge in [-0.15, -0.1) is 11.3 Å². The van der Waals surface area contributed by atoms with Crippen molar-refractivity contribution in [1.29, 1.82) is 0 Å². The number of aryl methyl sites for hydroxylation is 1. The zero-order chi connectivity index (χ0) is 23.8. The first kappa shape index (κ1) is 23.2. The highest BCUT2D eigenvalue weighted by Crippen LogP contribution is 2.45. The number of nitrogens with zero attached hydrogens (tertiary/aromatic N) is 3. The summed E-state index contributed by atoms with van der Waals surface area (Å²) in [6, 6.07) is 6.84. The van der Waals surface area contributed by atoms with Gasteiger partial charge in [-0.25, -0.2) is 23.7 Å². The number of hydrogen-bond acceptors (Lipinski definition) is 7. The molecule has 4 rings (SSSR count). The molecule has 3 atom stereocenters. The lowest BCUT2D eigenvalue weighted by Crippen LogP contribution is -2.38. The molecule has 2 heterocycles. The Kier molecular flexibility index (Phi) is 6.40. The van der Waals surface area contributed by atoms with Gasteiger partial charge >= 0.3 is 5.97 Å². The lowest BCUT2D eigenvalue weighted by atomic mass is 9.72. The lowest BCUT2D eigenvalue weighted by molar-refractivity contribution is -0.148. The van der Waals surface area contributed by atoms with Gasteiger partial charge in [-0.2, -0.15) is 0 Å². The van der Waals surface area contributed by atoms with Crippen molar-refractivity contribution >= 4 is 28.9 Å². The maximum absolute atomic E-state index is 12.9. The monoisotopic (exact) mass is 474 g/mol. The second-order valence-electron chi connectivity index (χ2n) is 8.54. The largest absolute Gasteiger partial charge is 0.481 e. The first-order chi connectivity index (χ1) is 15.6. The van der Waals surface area contributed by atoms with Crippen molar-refractivity contribution in [3.8, 4) is 10.4 Å². The number of carbonyl (C=O) groups is 1. The minimum atomic E-state index is -2.68. The Labute approximate surface area is 193 Å². The lowest BCUT2D eigenvalue weighted by Gasteiger charge is -2.37. The summed E-state index contributed by atoms with van der Waals surface area (Å²) in [6.07, 6.45) is 1.38. The summed E-state index contributed by atoms with van der Waals surface area (Å²) in [5.74, 6) is -1.37. The number of thiazole rings is 1. The van der Waals surface area contributed by atoms with E-state index in [1.807, 2.05) is 32.0 Å². The molecule has 3 aromatic rings. The van der Waals surface area contributed by atoms with Crippen LogP contribution in [0, 0.1) is 18.8 Å². The van der Waals surface area contributed by atoms with Crippen LogP contribution in [0.3, 0.4) is 0 Å². The SMILES string of the molecule is Cc1cc(Nc2nccc(C(F)F)n2)cc(-c2cnc([C@@]3(O)CC[C@H](C(=O)O)[C@H](C)C3)s2)c1. The van der Waals surface area contributed by atoms with Crippen molar-refractivity contribution in [3.63, 3.8) is 0 Å². The Bertz CT molecular complexity index is 1170. The van der Waals surface area contributed by atoms with Gasteiger partial charge < -0.3 is 15.5 Å². The smallest absolute Gasteiger partial charge is 0.306 e. The quantitative estimate of drug-likeness (QED) is 0.445. The van der Waals surface area contributed by atoms with Crippen LogP contribution in [0.25, 0.3) is 10.4 Å². The molecular weight excluding hydrogens is 450 g/mol. The Morgan fingerprint density at radius 1 is 1.30 bits per heavy atom. The third-order valence-corrected chi connectivity index (χ3v) is 7.19. The van der Waals surface area contributed by atoms with Crippen LogP contribution in [0.1, 0.15) is 48.9 Å². The van der Waals surface area contributed by atoms with Crippen LogP contribution >= 0.6 is 11.3 Å². The predicted molar refractivity (Wildman–Crippen MR) is 121 cm³/mol. The van der Waals surface area contributed by atoms with Crippen molar-refractivity contribution in [2.75, 3.05) is 5.32 Å². The summed E-state index contributed by atoms with van der Waals surface area (Å²) in [5.41, 5.74) is 0.919. The molecule has 0 saturated heterocycles. The standard InChI is InChI=1S/C23H24F2N4O3S/c1-12-7-14(9-15(8-12)28-22-26-6-4-17(29-22)19(24)25)18-11-27-21(33-18)23(32)5-3-16(20(30)31)13(2)10-23/h4,6-9,11,13,16,19,32H,3,5,10H2,1-2H3,(H,30,31)(H,26,28,29)/t13-,16+,23-/m1/s1. The first-order valence-corrected chi connectivity index (χ1v) is 11.4. The molecule has 0 aliphatic heterocycles. The Hall–Kier alpha value is -2.98. The summed E-state index contributed by atoms with van der Waals surface area (Å²) in [5, 5.41) is 24.1. The number of anilines is 2. The molecule has 1 saturated carbocycles. The van der Waals surface area contributed by atoms with Crippen LogP contribution in [0.2, 0.25) is 0 Å². The van der Waals surface area contributed by atoms with Gasteiger partial charge in [-0.3, -0.25) is 4.79 Å². The number of hydrogen-bond donors (Lipinski definition) is 3. The van der Waals surface area contributed by atoms with E-state index in [1.54, 1.807) is 6.20 Å². The number of rotatable bonds is 6. The molecule has 0 unspecified atom stereocenters. The number of aliphatic hydroxyl groups is 1. The molecule has 0 amide bonds. The van der Waals surface area contributed by atoms with Gasteiger partial charge in [-0.05, 0) is 61.4 Å². The van der Waals surface area contributed by atoms with Crippen LogP contribution in [-0.4, -0.2) is 31.1 Å². The van der Waals surface area contributed by atoms with E-state index in [4.69, 9.17) is 0 Å². The minimum absolute atomic E-state index is 0.0767. The average Bonchev–Trinajstić information content (AvgIpc) is 3.24. The second kappa shape index (κ2) is 9.11. The summed E-state index contributed by atoms with van der Waals surface area (Å²) in [7, 11) is 0. The van der Waals surface area contributed by atoms with Crippen LogP contribution in [-0.2, 0) is 10.4 Å². The van der Waals surface area contributed by atoms with E-state index < -0.39 is 23.9 Å². The van der Waals surface area contributed by atoms with Gasteiger partial charge in [0, 0.05) is 18.1 Å². The van der Waals surface area contributed by atoms with Crippen LogP contribution in [0.5, 0.6) is 0 Å². The van der Waals surface area contributed by atoms with E-state index in [9.17, 15) is 23.8 Å². The van der Waals surface area contributed by atoms with Gasteiger partial charge in [0.15, 0.2) is 0 Å². The highest BCUT2D eigenvalue weighted by molar-refractivity contribution is 7.15. The van der Waals surface area contributed by atoms with Crippen LogP contribution < -0.4 is 5.32 Å². The summed E-state index contributed by atoms with van der Waals surface area (Å²) >= 11 is 1.37. The molecule has 2 aromatic heterocycles. The second-order valence-corrected chi connectivity index (χ2v) is 9.58. The number of alkyl halides is 2. The Balaban J connectivity index is 1.57. The third kappa shape index (κ3) is 5.01. The normalized spacial score (nSPS) is 23.0. The number of halogens is 2. The molecule has 3 N–H and O–H groups in total. The van der Waals surface area contributed by atoms with E-state index in [2.05, 4.69) is 20.3 Å². The molecule has 10 heteroatoms. The van der Waals surface area contributed by atoms with Crippen LogP contribution in [0.15, 0.2) is 36.7 Å². The summed E-state index contributed by atoms with van der Waals surface area (Å²) < 4.78 is 25.9. The zero-order valence-corrected chi connectivity index (χ0v) is 18.9. The molecule has 0 spiro atoms. The van der Waals surface area contributed by atoms with E-state index in [0.717, 1.165) is 16.0 Å². The van der Waals surface area contributed by atoms with Crippen molar-refractivity contribution in [1.82, 2.24) is 15.0 Å². The average molecular weight is 475 g/mol. The predicted octanol–water partition coefficient (Wildman–Crippen LogP) is 5.30. The van der Waals surface area contributed by atoms with Crippen molar-refractivity contribution < 1.29 is 23.8 Å². The molecule has 1 fully saturated rings. The maximum atomic E-state index is 12.9. The highest BCUT2D eigenvalue weighted by atomic mass is 32.1. The zero-order valence-electron chi connectivity index (χ0n) is 18.1. The van der Waals surface area contributed by atoms with E-state index >= 15 is 0 Å². The fourth-order valence-electron chi connectivity index (χ4n) is 4.32. The van der Waals surface area contributed by atoms with Gasteiger partial charge in [0.05, 0.1) is 10.8 Å². The molecule has 1 aliphatic carbocycles. The number of benzene rings is 1. The van der Waals surface area contributed by atoms with Crippen molar-refractivity contribution in [2.45, 2.75) is 45.1 Å². The highest BCUT2D eigenvalue weighted by Gasteiger charge is 2.43. The topological polar surface area (TPSA) is 108 Å². The molecule has 1 aromatic carbocycles. The van der Waals surface area contributed by atoms with Crippen molar-refractivity contribution in [3.05, 3.63) is 52.9 Å². The number of nitrogens with one attached hydrogen (secondary N) is 1. The molecule has 7 nitrogen and oxygen atoms in total. The van der Waals surface area contributed by atoms with E-state index in [1.165, 1.54) is 23.6 Å². The van der Waals surface area contributed by atoms with Gasteiger partial charge in [-0.1, -0.05) is 13.0 Å². The molecule has 0 bridgehead atoms. The van der Waals surface area contributed by atoms with Gasteiger partial charge in [0.1, 0.15) is 16.3 Å². The van der Waals surface area contributed by atoms with E-state index in [-0.39, 0.29) is 17.6 Å². The summed E-state index contributed by atoms with van der Waals surface area (Å²) in [4.78, 5) is 24.5. The molecule has 33 heavy (non-hydrogen) atoms. The number of carboxylic acid groups (broad SMARTS) is 1. The minimum Gasteiger partial charge on any atom is -0.481 e. The maximum Gasteiger partial charge on any atom is 0.306 e. The van der Waals surface area contributed by atoms with E-state index in [0.29, 0.717) is 30.0 Å². The fourth-order valence-corrected chi connectivity index (χ4v) is 5.35. The summed E-state index contributed by atoms with van der Waals surface area (Å²) in [6.45, 7) is 3.76. The third-order valence-electron chi connectivity index (χ3n) is 5.96. The van der Waals surface area contributed by atoms with Crippen LogP contribution in [0.4, 0.5) is 20.4 Å². The van der Waals surface area contributed by atoms with Gasteiger partial charge in [0.25, 0.3) is 6.43 Å². The number of carboxylic acids is 1. The van der Waals surface area contributed by atoms with Gasteiger partial charge in [0.2, 0.25) is 5.95 Å².